The van der Waals surface area contributed by atoms with Crippen LogP contribution in [0.1, 0.15) is 18.9 Å². The average molecular weight is 282 g/mol. The number of carbonyl (C=O) groups excluding carboxylic acids is 1. The van der Waals surface area contributed by atoms with Gasteiger partial charge in [-0.25, -0.2) is 0 Å². The SMILES string of the molecule is CCc1ccc(-c2ccc(N(C)C(=O)CCN)cc2)cc1. The largest absolute Gasteiger partial charge is 0.330 e. The van der Waals surface area contributed by atoms with Crippen LogP contribution in [0.4, 0.5) is 5.69 Å². The van der Waals surface area contributed by atoms with Gasteiger partial charge in [0.2, 0.25) is 5.91 Å². The summed E-state index contributed by atoms with van der Waals surface area (Å²) in [6.45, 7) is 2.53. The fourth-order valence-corrected chi connectivity index (χ4v) is 2.25. The van der Waals surface area contributed by atoms with E-state index in [1.54, 1.807) is 11.9 Å². The lowest BCUT2D eigenvalue weighted by molar-refractivity contribution is -0.118. The lowest BCUT2D eigenvalue weighted by atomic mass is 10.0. The van der Waals surface area contributed by atoms with Crippen LogP contribution < -0.4 is 10.6 Å². The second-order valence-electron chi connectivity index (χ2n) is 5.09. The first-order valence-corrected chi connectivity index (χ1v) is 7.31. The first kappa shape index (κ1) is 15.3. The lowest BCUT2D eigenvalue weighted by Gasteiger charge is -2.17. The van der Waals surface area contributed by atoms with E-state index >= 15 is 0 Å². The van der Waals surface area contributed by atoms with E-state index in [1.807, 2.05) is 24.3 Å². The molecule has 0 heterocycles. The van der Waals surface area contributed by atoms with Crippen molar-refractivity contribution in [3.63, 3.8) is 0 Å². The molecule has 0 aromatic heterocycles. The van der Waals surface area contributed by atoms with Gasteiger partial charge in [0, 0.05) is 25.7 Å². The topological polar surface area (TPSA) is 46.3 Å². The number of rotatable bonds is 5. The van der Waals surface area contributed by atoms with Crippen molar-refractivity contribution < 1.29 is 4.79 Å². The molecule has 21 heavy (non-hydrogen) atoms. The summed E-state index contributed by atoms with van der Waals surface area (Å²) < 4.78 is 0. The van der Waals surface area contributed by atoms with E-state index in [-0.39, 0.29) is 5.91 Å². The summed E-state index contributed by atoms with van der Waals surface area (Å²) in [6, 6.07) is 16.6. The van der Waals surface area contributed by atoms with Crippen LogP contribution in [0.3, 0.4) is 0 Å². The zero-order valence-electron chi connectivity index (χ0n) is 12.7. The number of benzene rings is 2. The van der Waals surface area contributed by atoms with Crippen molar-refractivity contribution in [3.05, 3.63) is 54.1 Å². The van der Waals surface area contributed by atoms with Gasteiger partial charge in [0.15, 0.2) is 0 Å². The molecule has 0 aliphatic heterocycles. The van der Waals surface area contributed by atoms with Crippen molar-refractivity contribution in [2.24, 2.45) is 5.73 Å². The standard InChI is InChI=1S/C18H22N2O/c1-3-14-4-6-15(7-5-14)16-8-10-17(11-9-16)20(2)18(21)12-13-19/h4-11H,3,12-13,19H2,1-2H3. The number of carbonyl (C=O) groups is 1. The third kappa shape index (κ3) is 3.70. The highest BCUT2D eigenvalue weighted by Gasteiger charge is 2.09. The van der Waals surface area contributed by atoms with Crippen LogP contribution in [0, 0.1) is 0 Å². The van der Waals surface area contributed by atoms with Crippen molar-refractivity contribution >= 4 is 11.6 Å². The van der Waals surface area contributed by atoms with Gasteiger partial charge in [0.05, 0.1) is 0 Å². The molecule has 0 bridgehead atoms. The molecule has 0 saturated heterocycles. The average Bonchev–Trinajstić information content (AvgIpc) is 2.54. The van der Waals surface area contributed by atoms with E-state index in [9.17, 15) is 4.79 Å². The number of amides is 1. The number of nitrogens with two attached hydrogens (primary N) is 1. The van der Waals surface area contributed by atoms with E-state index in [0.717, 1.165) is 17.7 Å². The highest BCUT2D eigenvalue weighted by molar-refractivity contribution is 5.93. The van der Waals surface area contributed by atoms with Gasteiger partial charge in [0.25, 0.3) is 0 Å². The number of hydrogen-bond acceptors (Lipinski definition) is 2. The first-order chi connectivity index (χ1) is 10.2. The van der Waals surface area contributed by atoms with Gasteiger partial charge < -0.3 is 10.6 Å². The van der Waals surface area contributed by atoms with Crippen molar-refractivity contribution in [3.8, 4) is 11.1 Å². The van der Waals surface area contributed by atoms with Crippen LogP contribution in [0.15, 0.2) is 48.5 Å². The Labute approximate surface area is 126 Å². The molecule has 0 aliphatic rings. The zero-order valence-corrected chi connectivity index (χ0v) is 12.7. The van der Waals surface area contributed by atoms with Crippen LogP contribution in [0.5, 0.6) is 0 Å². The molecule has 0 radical (unpaired) electrons. The smallest absolute Gasteiger partial charge is 0.227 e. The van der Waals surface area contributed by atoms with Crippen molar-refractivity contribution in [2.75, 3.05) is 18.5 Å². The van der Waals surface area contributed by atoms with E-state index in [1.165, 1.54) is 11.1 Å². The van der Waals surface area contributed by atoms with E-state index in [4.69, 9.17) is 5.73 Å². The van der Waals surface area contributed by atoms with Crippen LogP contribution >= 0.6 is 0 Å². The molecule has 0 unspecified atom stereocenters. The van der Waals surface area contributed by atoms with Gasteiger partial charge in [-0.2, -0.15) is 0 Å². The fourth-order valence-electron chi connectivity index (χ4n) is 2.25. The second kappa shape index (κ2) is 7.04. The molecule has 3 nitrogen and oxygen atoms in total. The third-order valence-electron chi connectivity index (χ3n) is 3.68. The monoisotopic (exact) mass is 282 g/mol. The predicted octanol–water partition coefficient (Wildman–Crippen LogP) is 3.23. The van der Waals surface area contributed by atoms with Gasteiger partial charge in [-0.3, -0.25) is 4.79 Å². The minimum absolute atomic E-state index is 0.0394. The summed E-state index contributed by atoms with van der Waals surface area (Å²) >= 11 is 0. The molecular formula is C18H22N2O. The molecule has 0 aliphatic carbocycles. The number of aryl methyl sites for hydroxylation is 1. The molecule has 110 valence electrons. The number of anilines is 1. The molecule has 2 aromatic carbocycles. The summed E-state index contributed by atoms with van der Waals surface area (Å²) in [4.78, 5) is 13.5. The maximum absolute atomic E-state index is 11.8. The quantitative estimate of drug-likeness (QED) is 0.915. The minimum Gasteiger partial charge on any atom is -0.330 e. The molecule has 3 heteroatoms. The minimum atomic E-state index is 0.0394. The third-order valence-corrected chi connectivity index (χ3v) is 3.68. The van der Waals surface area contributed by atoms with Crippen LogP contribution in [0.2, 0.25) is 0 Å². The van der Waals surface area contributed by atoms with Gasteiger partial charge in [-0.1, -0.05) is 43.3 Å². The Bertz CT molecular complexity index is 588. The van der Waals surface area contributed by atoms with E-state index in [0.29, 0.717) is 13.0 Å². The fraction of sp³-hybridized carbons (Fsp3) is 0.278. The molecule has 0 fully saturated rings. The molecule has 0 atom stereocenters. The highest BCUT2D eigenvalue weighted by atomic mass is 16.2. The van der Waals surface area contributed by atoms with Crippen LogP contribution in [-0.4, -0.2) is 19.5 Å². The van der Waals surface area contributed by atoms with E-state index in [2.05, 4.69) is 31.2 Å². The molecular weight excluding hydrogens is 260 g/mol. The van der Waals surface area contributed by atoms with Gasteiger partial charge in [-0.15, -0.1) is 0 Å². The van der Waals surface area contributed by atoms with Crippen molar-refractivity contribution in [1.29, 1.82) is 0 Å². The summed E-state index contributed by atoms with van der Waals surface area (Å²) in [5.41, 5.74) is 9.99. The summed E-state index contributed by atoms with van der Waals surface area (Å²) in [7, 11) is 1.78. The van der Waals surface area contributed by atoms with Gasteiger partial charge in [0.1, 0.15) is 0 Å². The molecule has 0 saturated carbocycles. The summed E-state index contributed by atoms with van der Waals surface area (Å²) in [6.07, 6.45) is 1.42. The molecule has 2 aromatic rings. The molecule has 0 spiro atoms. The Kier molecular flexibility index (Phi) is 5.12. The van der Waals surface area contributed by atoms with Gasteiger partial charge in [-0.05, 0) is 35.2 Å². The van der Waals surface area contributed by atoms with Crippen LogP contribution in [-0.2, 0) is 11.2 Å². The normalized spacial score (nSPS) is 10.4. The zero-order chi connectivity index (χ0) is 15.2. The Hall–Kier alpha value is -2.13. The Morgan fingerprint density at radius 2 is 1.52 bits per heavy atom. The van der Waals surface area contributed by atoms with E-state index < -0.39 is 0 Å². The van der Waals surface area contributed by atoms with Crippen molar-refractivity contribution in [2.45, 2.75) is 19.8 Å². The number of nitrogens with zero attached hydrogens (tertiary/aromatic N) is 1. The predicted molar refractivity (Wildman–Crippen MR) is 88.3 cm³/mol. The Morgan fingerprint density at radius 1 is 1.00 bits per heavy atom. The highest BCUT2D eigenvalue weighted by Crippen LogP contribution is 2.23. The maximum atomic E-state index is 11.8. The van der Waals surface area contributed by atoms with Gasteiger partial charge >= 0.3 is 0 Å². The molecule has 2 rings (SSSR count). The van der Waals surface area contributed by atoms with Crippen molar-refractivity contribution in [1.82, 2.24) is 0 Å². The Balaban J connectivity index is 2.16. The second-order valence-corrected chi connectivity index (χ2v) is 5.09. The molecule has 1 amide bonds. The summed E-state index contributed by atoms with van der Waals surface area (Å²) in [5.74, 6) is 0.0394. The Morgan fingerprint density at radius 3 is 2.00 bits per heavy atom. The maximum Gasteiger partial charge on any atom is 0.227 e. The summed E-state index contributed by atoms with van der Waals surface area (Å²) in [5, 5.41) is 0. The van der Waals surface area contributed by atoms with Crippen LogP contribution in [0.25, 0.3) is 11.1 Å². The number of hydrogen-bond donors (Lipinski definition) is 1. The lowest BCUT2D eigenvalue weighted by Crippen LogP contribution is -2.27. The first-order valence-electron chi connectivity index (χ1n) is 7.31. The molecule has 2 N–H and O–H groups in total.